The lowest BCUT2D eigenvalue weighted by molar-refractivity contribution is 0.0696. The van der Waals surface area contributed by atoms with Crippen LogP contribution in [0.2, 0.25) is 5.02 Å². The highest BCUT2D eigenvalue weighted by Crippen LogP contribution is 2.36. The lowest BCUT2D eigenvalue weighted by Gasteiger charge is -2.32. The molecule has 2 fully saturated rings. The molecule has 2 saturated carbocycles. The number of hydrogen-bond acceptors (Lipinski definition) is 7. The van der Waals surface area contributed by atoms with Crippen molar-refractivity contribution < 1.29 is 14.3 Å². The van der Waals surface area contributed by atoms with Crippen LogP contribution in [0, 0.1) is 5.41 Å². The smallest absolute Gasteiger partial charge is 0.407 e. The summed E-state index contributed by atoms with van der Waals surface area (Å²) in [6, 6.07) is 12.2. The van der Waals surface area contributed by atoms with E-state index in [-0.39, 0.29) is 23.5 Å². The topological polar surface area (TPSA) is 156 Å². The van der Waals surface area contributed by atoms with Crippen LogP contribution in [0.25, 0.3) is 22.5 Å². The summed E-state index contributed by atoms with van der Waals surface area (Å²) in [4.78, 5) is 37.7. The quantitative estimate of drug-likeness (QED) is 0.136. The van der Waals surface area contributed by atoms with Crippen LogP contribution in [0.1, 0.15) is 81.4 Å². The number of amides is 2. The van der Waals surface area contributed by atoms with E-state index in [4.69, 9.17) is 22.1 Å². The van der Waals surface area contributed by atoms with E-state index in [1.165, 1.54) is 11.2 Å². The van der Waals surface area contributed by atoms with Crippen LogP contribution in [-0.2, 0) is 4.74 Å². The minimum atomic E-state index is -0.862. The van der Waals surface area contributed by atoms with Gasteiger partial charge in [-0.25, -0.2) is 9.78 Å². The number of aromatic amines is 1. The first-order valence-electron chi connectivity index (χ1n) is 15.8. The van der Waals surface area contributed by atoms with E-state index >= 15 is 0 Å². The number of alkyl carbamates (subject to hydrolysis) is 1. The summed E-state index contributed by atoms with van der Waals surface area (Å²) in [5.41, 5.74) is 9.67. The zero-order valence-electron chi connectivity index (χ0n) is 27.0. The van der Waals surface area contributed by atoms with Gasteiger partial charge >= 0.3 is 6.09 Å². The van der Waals surface area contributed by atoms with Gasteiger partial charge in [0.1, 0.15) is 12.9 Å². The van der Waals surface area contributed by atoms with Crippen molar-refractivity contribution in [2.75, 3.05) is 13.2 Å². The van der Waals surface area contributed by atoms with Crippen LogP contribution in [0.3, 0.4) is 0 Å². The first-order chi connectivity index (χ1) is 22.4. The molecule has 4 N–H and O–H groups in total. The number of ether oxygens (including phenoxy) is 1. The highest BCUT2D eigenvalue weighted by atomic mass is 35.5. The number of carbonyl (C=O) groups is 2. The van der Waals surface area contributed by atoms with Crippen molar-refractivity contribution in [1.29, 1.82) is 0 Å². The van der Waals surface area contributed by atoms with Gasteiger partial charge in [-0.05, 0) is 73.4 Å². The number of halogens is 1. The standard InChI is InChI=1S/C34H40ClN9O3/c1-33(2,3)19-37-31(36)44(30(45)22-7-5-21(6-8-22)24-16-40-43(17-24)25-10-11-25)28(18-47-32(46)41-34(4)13-14-34)23-9-12-27(35)26(15-23)29-38-20-39-42-29/h5-9,12,15-17,20,25,28H,10-11,13-14,18-19H2,1-4H3,(H2,36,37)(H,41,46)(H,38,39,42)/t28-/m1/s1. The molecule has 6 rings (SSSR count). The number of guanidine groups is 1. The first kappa shape index (κ1) is 32.2. The van der Waals surface area contributed by atoms with E-state index in [0.717, 1.165) is 36.8 Å². The number of nitrogens with zero attached hydrogens (tertiary/aromatic N) is 6. The zero-order valence-corrected chi connectivity index (χ0v) is 27.8. The number of carbonyl (C=O) groups excluding carboxylic acids is 2. The molecular formula is C34H40ClN9O3. The van der Waals surface area contributed by atoms with Crippen molar-refractivity contribution in [2.24, 2.45) is 16.1 Å². The van der Waals surface area contributed by atoms with E-state index in [9.17, 15) is 9.59 Å². The number of nitrogens with two attached hydrogens (primary N) is 1. The van der Waals surface area contributed by atoms with Gasteiger partial charge < -0.3 is 15.8 Å². The van der Waals surface area contributed by atoms with Crippen molar-refractivity contribution in [2.45, 2.75) is 71.0 Å². The van der Waals surface area contributed by atoms with Gasteiger partial charge in [-0.15, -0.1) is 0 Å². The van der Waals surface area contributed by atoms with Crippen LogP contribution in [0.4, 0.5) is 4.79 Å². The number of rotatable bonds is 10. The predicted octanol–water partition coefficient (Wildman–Crippen LogP) is 6.15. The lowest BCUT2D eigenvalue weighted by atomic mass is 9.97. The fourth-order valence-corrected chi connectivity index (χ4v) is 5.31. The maximum Gasteiger partial charge on any atom is 0.407 e. The summed E-state index contributed by atoms with van der Waals surface area (Å²) in [5.74, 6) is 0.0440. The van der Waals surface area contributed by atoms with E-state index in [1.807, 2.05) is 56.9 Å². The Kier molecular flexibility index (Phi) is 8.80. The molecule has 13 heteroatoms. The van der Waals surface area contributed by atoms with Gasteiger partial charge in [0.2, 0.25) is 0 Å². The Balaban J connectivity index is 1.37. The summed E-state index contributed by atoms with van der Waals surface area (Å²) < 4.78 is 7.76. The second-order valence-corrected chi connectivity index (χ2v) is 14.2. The van der Waals surface area contributed by atoms with E-state index in [1.54, 1.807) is 30.3 Å². The van der Waals surface area contributed by atoms with Crippen LogP contribution < -0.4 is 11.1 Å². The molecule has 47 heavy (non-hydrogen) atoms. The molecule has 0 bridgehead atoms. The van der Waals surface area contributed by atoms with E-state index in [0.29, 0.717) is 40.1 Å². The number of nitrogens with one attached hydrogen (secondary N) is 2. The molecule has 1 atom stereocenters. The SMILES string of the molecule is CC(C)(C)CN=C(N)N(C(=O)c1ccc(-c2cnn(C3CC3)c2)cc1)[C@H](COC(=O)NC1(C)CC1)c1ccc(Cl)c(-c2ncn[nH]2)c1. The largest absolute Gasteiger partial charge is 0.447 e. The van der Waals surface area contributed by atoms with Crippen LogP contribution >= 0.6 is 11.6 Å². The molecule has 0 aliphatic heterocycles. The lowest BCUT2D eigenvalue weighted by Crippen LogP contribution is -2.47. The van der Waals surface area contributed by atoms with Crippen LogP contribution in [0.15, 0.2) is 66.2 Å². The molecule has 0 unspecified atom stereocenters. The Morgan fingerprint density at radius 1 is 1.19 bits per heavy atom. The first-order valence-corrected chi connectivity index (χ1v) is 16.2. The molecule has 2 aliphatic carbocycles. The Bertz CT molecular complexity index is 1770. The normalized spacial score (nSPS) is 16.4. The molecule has 0 saturated heterocycles. The molecule has 2 heterocycles. The molecule has 4 aromatic rings. The van der Waals surface area contributed by atoms with Crippen molar-refractivity contribution in [3.63, 3.8) is 0 Å². The van der Waals surface area contributed by atoms with Crippen molar-refractivity contribution >= 4 is 29.6 Å². The highest BCUT2D eigenvalue weighted by Gasteiger charge is 2.40. The minimum Gasteiger partial charge on any atom is -0.447 e. The zero-order chi connectivity index (χ0) is 33.3. The van der Waals surface area contributed by atoms with Crippen molar-refractivity contribution in [1.82, 2.24) is 35.2 Å². The molecule has 2 amide bonds. The third-order valence-corrected chi connectivity index (χ3v) is 8.63. The molecule has 246 valence electrons. The number of aliphatic imine (C=N–C) groups is 1. The highest BCUT2D eigenvalue weighted by molar-refractivity contribution is 6.33. The van der Waals surface area contributed by atoms with Crippen molar-refractivity contribution in [3.05, 3.63) is 77.3 Å². The molecule has 0 spiro atoms. The molecule has 12 nitrogen and oxygen atoms in total. The van der Waals surface area contributed by atoms with E-state index in [2.05, 4.69) is 30.6 Å². The second-order valence-electron chi connectivity index (χ2n) is 13.8. The maximum absolute atomic E-state index is 14.5. The molecule has 2 aromatic heterocycles. The van der Waals surface area contributed by atoms with Gasteiger partial charge in [0, 0.05) is 35.0 Å². The Morgan fingerprint density at radius 3 is 2.57 bits per heavy atom. The summed E-state index contributed by atoms with van der Waals surface area (Å²) in [6.07, 6.45) is 8.71. The van der Waals surface area contributed by atoms with Crippen LogP contribution in [-0.4, -0.2) is 66.5 Å². The third kappa shape index (κ3) is 7.82. The third-order valence-electron chi connectivity index (χ3n) is 8.30. The second kappa shape index (κ2) is 12.8. The maximum atomic E-state index is 14.5. The molecule has 0 radical (unpaired) electrons. The monoisotopic (exact) mass is 657 g/mol. The van der Waals surface area contributed by atoms with Gasteiger partial charge in [-0.2, -0.15) is 10.2 Å². The van der Waals surface area contributed by atoms with Crippen LogP contribution in [0.5, 0.6) is 0 Å². The fraction of sp³-hybridized carbons (Fsp3) is 0.412. The number of aromatic nitrogens is 5. The number of benzene rings is 2. The predicted molar refractivity (Wildman–Crippen MR) is 180 cm³/mol. The summed E-state index contributed by atoms with van der Waals surface area (Å²) in [5, 5.41) is 14.6. The van der Waals surface area contributed by atoms with Gasteiger partial charge in [0.25, 0.3) is 5.91 Å². The van der Waals surface area contributed by atoms with Gasteiger partial charge in [-0.3, -0.25) is 24.5 Å². The fourth-order valence-electron chi connectivity index (χ4n) is 5.11. The summed E-state index contributed by atoms with van der Waals surface area (Å²) in [7, 11) is 0. The van der Waals surface area contributed by atoms with E-state index < -0.39 is 18.0 Å². The van der Waals surface area contributed by atoms with Gasteiger partial charge in [-0.1, -0.05) is 50.6 Å². The average Bonchev–Trinajstić information content (AvgIpc) is 3.88. The van der Waals surface area contributed by atoms with Gasteiger partial charge in [0.15, 0.2) is 11.8 Å². The summed E-state index contributed by atoms with van der Waals surface area (Å²) >= 11 is 6.57. The number of H-pyrrole nitrogens is 1. The molecular weight excluding hydrogens is 618 g/mol. The Labute approximate surface area is 278 Å². The molecule has 2 aromatic carbocycles. The number of hydrogen-bond donors (Lipinski definition) is 3. The molecule has 2 aliphatic rings. The minimum absolute atomic E-state index is 0.000889. The average molecular weight is 658 g/mol. The van der Waals surface area contributed by atoms with Gasteiger partial charge in [0.05, 0.1) is 23.3 Å². The Hall–Kier alpha value is -4.71. The Morgan fingerprint density at radius 2 is 1.94 bits per heavy atom. The van der Waals surface area contributed by atoms with Crippen molar-refractivity contribution in [3.8, 4) is 22.5 Å². The summed E-state index contributed by atoms with van der Waals surface area (Å²) in [6.45, 7) is 8.23.